The van der Waals surface area contributed by atoms with Gasteiger partial charge in [-0.2, -0.15) is 0 Å². The summed E-state index contributed by atoms with van der Waals surface area (Å²) in [6, 6.07) is 14.1. The summed E-state index contributed by atoms with van der Waals surface area (Å²) in [5, 5.41) is 12.1. The fraction of sp³-hybridized carbons (Fsp3) is 0.190. The number of rotatable bonds is 7. The lowest BCUT2D eigenvalue weighted by atomic mass is 10.2. The van der Waals surface area contributed by atoms with Gasteiger partial charge in [-0.1, -0.05) is 12.1 Å². The van der Waals surface area contributed by atoms with Gasteiger partial charge >= 0.3 is 5.97 Å². The number of carboxylic acid groups (broad SMARTS) is 1. The maximum atomic E-state index is 12.2. The number of amides is 1. The Morgan fingerprint density at radius 3 is 2.45 bits per heavy atom. The van der Waals surface area contributed by atoms with Gasteiger partial charge in [0, 0.05) is 0 Å². The minimum Gasteiger partial charge on any atom is -0.494 e. The van der Waals surface area contributed by atoms with Crippen molar-refractivity contribution in [1.29, 1.82) is 0 Å². The lowest BCUT2D eigenvalue weighted by molar-refractivity contribution is -0.144. The number of carbonyl (C=O) groups is 2. The number of aliphatic carboxylic acids is 1. The summed E-state index contributed by atoms with van der Waals surface area (Å²) < 4.78 is 10.7. The zero-order valence-electron chi connectivity index (χ0n) is 15.9. The van der Waals surface area contributed by atoms with Crippen molar-refractivity contribution in [1.82, 2.24) is 5.32 Å². The Morgan fingerprint density at radius 1 is 1.17 bits per heavy atom. The van der Waals surface area contributed by atoms with Crippen LogP contribution in [-0.4, -0.2) is 34.9 Å². The molecule has 0 aliphatic carbocycles. The van der Waals surface area contributed by atoms with E-state index in [0.29, 0.717) is 28.1 Å². The predicted molar refractivity (Wildman–Crippen MR) is 113 cm³/mol. The molecule has 0 bridgehead atoms. The number of benzene rings is 2. The average molecular weight is 412 g/mol. The van der Waals surface area contributed by atoms with E-state index in [4.69, 9.17) is 14.6 Å². The van der Waals surface area contributed by atoms with Crippen molar-refractivity contribution in [3.05, 3.63) is 59.0 Å². The van der Waals surface area contributed by atoms with Crippen molar-refractivity contribution < 1.29 is 24.2 Å². The van der Waals surface area contributed by atoms with Crippen molar-refractivity contribution in [3.8, 4) is 11.5 Å². The summed E-state index contributed by atoms with van der Waals surface area (Å²) in [7, 11) is 0. The lowest BCUT2D eigenvalue weighted by Crippen LogP contribution is -2.22. The standard InChI is InChI=1S/C21H20N2O5S/c1-3-27-16-10-6-15(7-11-16)22-21-23-19(24)18(29-21)12-14-4-8-17(9-5-14)28-13(2)20(25)26/h4-13H,3H2,1-2H3,(H,25,26)(H,22,23,24)/b18-12+. The minimum absolute atomic E-state index is 0.223. The molecular formula is C21H20N2O5S. The third-order valence-electron chi connectivity index (χ3n) is 3.87. The molecule has 1 fully saturated rings. The molecule has 1 unspecified atom stereocenters. The van der Waals surface area contributed by atoms with Gasteiger partial charge in [0.05, 0.1) is 17.2 Å². The van der Waals surface area contributed by atoms with Crippen LogP contribution >= 0.6 is 11.8 Å². The third kappa shape index (κ3) is 5.61. The highest BCUT2D eigenvalue weighted by Gasteiger charge is 2.23. The van der Waals surface area contributed by atoms with Crippen LogP contribution in [0.25, 0.3) is 6.08 Å². The number of carbonyl (C=O) groups excluding carboxylic acids is 1. The van der Waals surface area contributed by atoms with E-state index >= 15 is 0 Å². The van der Waals surface area contributed by atoms with Crippen molar-refractivity contribution in [2.45, 2.75) is 20.0 Å². The fourth-order valence-electron chi connectivity index (χ4n) is 2.43. The van der Waals surface area contributed by atoms with E-state index in [2.05, 4.69) is 10.3 Å². The normalized spacial score (nSPS) is 17.2. The lowest BCUT2D eigenvalue weighted by Gasteiger charge is -2.10. The van der Waals surface area contributed by atoms with Crippen molar-refractivity contribution in [2.75, 3.05) is 6.61 Å². The molecule has 1 aliphatic rings. The van der Waals surface area contributed by atoms with E-state index < -0.39 is 12.1 Å². The van der Waals surface area contributed by atoms with E-state index in [-0.39, 0.29) is 5.91 Å². The van der Waals surface area contributed by atoms with Gasteiger partial charge in [-0.05, 0) is 73.6 Å². The monoisotopic (exact) mass is 412 g/mol. The number of ether oxygens (including phenoxy) is 2. The van der Waals surface area contributed by atoms with Gasteiger partial charge < -0.3 is 19.9 Å². The van der Waals surface area contributed by atoms with Gasteiger partial charge in [0.1, 0.15) is 11.5 Å². The molecule has 0 saturated carbocycles. The van der Waals surface area contributed by atoms with Crippen LogP contribution in [0.15, 0.2) is 58.4 Å². The molecule has 2 N–H and O–H groups in total. The maximum absolute atomic E-state index is 12.2. The number of thioether (sulfide) groups is 1. The maximum Gasteiger partial charge on any atom is 0.344 e. The molecule has 3 rings (SSSR count). The minimum atomic E-state index is -1.03. The Balaban J connectivity index is 1.68. The quantitative estimate of drug-likeness (QED) is 0.671. The van der Waals surface area contributed by atoms with Crippen LogP contribution in [-0.2, 0) is 9.59 Å². The third-order valence-corrected chi connectivity index (χ3v) is 4.78. The molecule has 2 aromatic rings. The molecule has 0 spiro atoms. The smallest absolute Gasteiger partial charge is 0.344 e. The molecule has 8 heteroatoms. The van der Waals surface area contributed by atoms with Gasteiger partial charge in [0.25, 0.3) is 5.91 Å². The first-order valence-electron chi connectivity index (χ1n) is 8.96. The largest absolute Gasteiger partial charge is 0.494 e. The Bertz CT molecular complexity index is 952. The molecule has 1 atom stereocenters. The van der Waals surface area contributed by atoms with E-state index in [0.717, 1.165) is 11.3 Å². The number of hydrogen-bond donors (Lipinski definition) is 2. The molecular weight excluding hydrogens is 392 g/mol. The molecule has 1 aliphatic heterocycles. The Kier molecular flexibility index (Phi) is 6.56. The molecule has 0 aromatic heterocycles. The van der Waals surface area contributed by atoms with E-state index in [1.807, 2.05) is 31.2 Å². The summed E-state index contributed by atoms with van der Waals surface area (Å²) in [6.07, 6.45) is 0.808. The van der Waals surface area contributed by atoms with E-state index in [1.165, 1.54) is 18.7 Å². The van der Waals surface area contributed by atoms with Gasteiger partial charge in [0.2, 0.25) is 0 Å². The van der Waals surface area contributed by atoms with Crippen LogP contribution in [0.2, 0.25) is 0 Å². The first-order valence-corrected chi connectivity index (χ1v) is 9.78. The second-order valence-electron chi connectivity index (χ2n) is 6.08. The Hall–Kier alpha value is -3.26. The Labute approximate surface area is 172 Å². The summed E-state index contributed by atoms with van der Waals surface area (Å²) in [4.78, 5) is 28.0. The first-order chi connectivity index (χ1) is 13.9. The number of hydrogen-bond acceptors (Lipinski definition) is 6. The van der Waals surface area contributed by atoms with E-state index in [1.54, 1.807) is 30.3 Å². The second kappa shape index (κ2) is 9.29. The summed E-state index contributed by atoms with van der Waals surface area (Å²) in [5.41, 5.74) is 1.51. The second-order valence-corrected chi connectivity index (χ2v) is 7.11. The Morgan fingerprint density at radius 2 is 1.83 bits per heavy atom. The summed E-state index contributed by atoms with van der Waals surface area (Å²) in [5.74, 6) is -0.0391. The average Bonchev–Trinajstić information content (AvgIpc) is 3.04. The number of aliphatic imine (C=N–C) groups is 1. The van der Waals surface area contributed by atoms with Crippen LogP contribution in [0.1, 0.15) is 19.4 Å². The van der Waals surface area contributed by atoms with Crippen molar-refractivity contribution >= 4 is 40.6 Å². The van der Waals surface area contributed by atoms with Crippen LogP contribution < -0.4 is 14.8 Å². The number of nitrogens with zero attached hydrogens (tertiary/aromatic N) is 1. The van der Waals surface area contributed by atoms with Gasteiger partial charge in [-0.3, -0.25) is 4.79 Å². The predicted octanol–water partition coefficient (Wildman–Crippen LogP) is 3.83. The molecule has 0 radical (unpaired) electrons. The first kappa shape index (κ1) is 20.5. The molecule has 29 heavy (non-hydrogen) atoms. The van der Waals surface area contributed by atoms with Crippen molar-refractivity contribution in [3.63, 3.8) is 0 Å². The summed E-state index contributed by atoms with van der Waals surface area (Å²) in [6.45, 7) is 3.98. The molecule has 7 nitrogen and oxygen atoms in total. The van der Waals surface area contributed by atoms with Crippen LogP contribution in [0.4, 0.5) is 5.69 Å². The fourth-order valence-corrected chi connectivity index (χ4v) is 3.27. The topological polar surface area (TPSA) is 97.2 Å². The van der Waals surface area contributed by atoms with Crippen LogP contribution in [0, 0.1) is 0 Å². The highest BCUT2D eigenvalue weighted by atomic mass is 32.2. The molecule has 1 heterocycles. The van der Waals surface area contributed by atoms with E-state index in [9.17, 15) is 9.59 Å². The molecule has 150 valence electrons. The molecule has 2 aromatic carbocycles. The number of nitrogens with one attached hydrogen (secondary N) is 1. The van der Waals surface area contributed by atoms with Crippen molar-refractivity contribution in [2.24, 2.45) is 4.99 Å². The van der Waals surface area contributed by atoms with Gasteiger partial charge in [-0.15, -0.1) is 0 Å². The summed E-state index contributed by atoms with van der Waals surface area (Å²) >= 11 is 1.25. The van der Waals surface area contributed by atoms with Gasteiger partial charge in [0.15, 0.2) is 11.3 Å². The van der Waals surface area contributed by atoms with Crippen LogP contribution in [0.5, 0.6) is 11.5 Å². The van der Waals surface area contributed by atoms with Gasteiger partial charge in [-0.25, -0.2) is 9.79 Å². The zero-order valence-corrected chi connectivity index (χ0v) is 16.7. The molecule has 1 saturated heterocycles. The number of carboxylic acids is 1. The van der Waals surface area contributed by atoms with Crippen LogP contribution in [0.3, 0.4) is 0 Å². The SMILES string of the molecule is CCOc1ccc(N=C2NC(=O)/C(=C\c3ccc(OC(C)C(=O)O)cc3)S2)cc1. The highest BCUT2D eigenvalue weighted by molar-refractivity contribution is 8.18. The number of amidine groups is 1. The zero-order chi connectivity index (χ0) is 20.8. The molecule has 1 amide bonds. The highest BCUT2D eigenvalue weighted by Crippen LogP contribution is 2.29.